The molecule has 2 saturated heterocycles. The number of aromatic hydroxyl groups is 1. The Morgan fingerprint density at radius 2 is 1.55 bits per heavy atom. The van der Waals surface area contributed by atoms with Gasteiger partial charge in [0.05, 0.1) is 31.3 Å². The quantitative estimate of drug-likeness (QED) is 0.106. The van der Waals surface area contributed by atoms with Gasteiger partial charge in [-0.25, -0.2) is 13.6 Å². The molecule has 2 heterocycles. The number of carbonyl (C=O) groups excluding carboxylic acids is 2. The van der Waals surface area contributed by atoms with Gasteiger partial charge < -0.3 is 35.0 Å². The number of carbonyl (C=O) groups is 3. The highest BCUT2D eigenvalue weighted by Crippen LogP contribution is 2.46. The third kappa shape index (κ3) is 8.73. The molecule has 2 amide bonds. The molecule has 4 N–H and O–H groups in total. The molecule has 4 aromatic carbocycles. The Balaban J connectivity index is 1.07. The number of rotatable bonds is 16. The fraction of sp³-hybridized carbons (Fsp3) is 0.341. The van der Waals surface area contributed by atoms with Crippen LogP contribution in [0.2, 0.25) is 0 Å². The maximum atomic E-state index is 13.7. The molecule has 4 aromatic rings. The number of phenolic OH excluding ortho intramolecular Hbond substituents is 1. The lowest BCUT2D eigenvalue weighted by Gasteiger charge is -2.48. The van der Waals surface area contributed by atoms with Crippen molar-refractivity contribution in [2.45, 2.75) is 62.3 Å². The molecule has 53 heavy (non-hydrogen) atoms. The number of aliphatic carboxylic acids is 1. The first-order valence-electron chi connectivity index (χ1n) is 17.5. The number of ether oxygens (including phenoxy) is 2. The van der Waals surface area contributed by atoms with Gasteiger partial charge in [0.15, 0.2) is 0 Å². The number of β-lactam (4-membered cyclic amide) rings is 1. The summed E-state index contributed by atoms with van der Waals surface area (Å²) < 4.78 is 38.6. The van der Waals surface area contributed by atoms with Crippen LogP contribution in [0.25, 0.3) is 0 Å². The molecular formula is C41H42F2N2O8. The van der Waals surface area contributed by atoms with E-state index in [9.17, 15) is 38.5 Å². The van der Waals surface area contributed by atoms with Gasteiger partial charge in [-0.15, -0.1) is 0 Å². The van der Waals surface area contributed by atoms with E-state index in [1.165, 1.54) is 55.5 Å². The van der Waals surface area contributed by atoms with Gasteiger partial charge in [-0.05, 0) is 103 Å². The zero-order valence-corrected chi connectivity index (χ0v) is 29.2. The second-order valence-corrected chi connectivity index (χ2v) is 14.1. The summed E-state index contributed by atoms with van der Waals surface area (Å²) in [6.45, 7) is 1.63. The molecule has 2 aliphatic rings. The Kier molecular flexibility index (Phi) is 11.2. The van der Waals surface area contributed by atoms with E-state index in [1.807, 2.05) is 24.3 Å². The van der Waals surface area contributed by atoms with Crippen LogP contribution in [0, 0.1) is 17.6 Å². The van der Waals surface area contributed by atoms with Crippen LogP contribution >= 0.6 is 0 Å². The molecule has 2 fully saturated rings. The van der Waals surface area contributed by atoms with Crippen LogP contribution in [-0.4, -0.2) is 64.1 Å². The van der Waals surface area contributed by atoms with Crippen LogP contribution in [0.1, 0.15) is 60.6 Å². The van der Waals surface area contributed by atoms with E-state index in [1.54, 1.807) is 29.2 Å². The van der Waals surface area contributed by atoms with Crippen molar-refractivity contribution < 1.29 is 48.0 Å². The highest BCUT2D eigenvalue weighted by atomic mass is 19.1. The number of hydrogen-bond donors (Lipinski definition) is 4. The van der Waals surface area contributed by atoms with Gasteiger partial charge in [-0.3, -0.25) is 9.59 Å². The number of nitrogens with one attached hydrogen (secondary N) is 1. The highest BCUT2D eigenvalue weighted by molar-refractivity contribution is 6.03. The summed E-state index contributed by atoms with van der Waals surface area (Å²) in [6, 6.07) is 25.0. The topological polar surface area (TPSA) is 146 Å². The number of anilines is 1. The van der Waals surface area contributed by atoms with Crippen molar-refractivity contribution in [2.24, 2.45) is 5.92 Å². The minimum atomic E-state index is -1.60. The average molecular weight is 729 g/mol. The van der Waals surface area contributed by atoms with E-state index < -0.39 is 46.7 Å². The van der Waals surface area contributed by atoms with Crippen LogP contribution in [0.3, 0.4) is 0 Å². The van der Waals surface area contributed by atoms with Gasteiger partial charge in [0.2, 0.25) is 11.8 Å². The molecule has 6 rings (SSSR count). The second-order valence-electron chi connectivity index (χ2n) is 14.1. The van der Waals surface area contributed by atoms with Gasteiger partial charge in [-0.1, -0.05) is 48.5 Å². The molecular weight excluding hydrogens is 686 g/mol. The summed E-state index contributed by atoms with van der Waals surface area (Å²) >= 11 is 0. The maximum absolute atomic E-state index is 13.7. The smallest absolute Gasteiger partial charge is 0.329 e. The average Bonchev–Trinajstić information content (AvgIpc) is 3.12. The fourth-order valence-corrected chi connectivity index (χ4v) is 6.93. The molecule has 2 unspecified atom stereocenters. The van der Waals surface area contributed by atoms with Crippen molar-refractivity contribution in [3.8, 4) is 5.75 Å². The minimum absolute atomic E-state index is 0.00791. The van der Waals surface area contributed by atoms with Crippen LogP contribution in [0.15, 0.2) is 97.1 Å². The molecule has 2 aliphatic heterocycles. The van der Waals surface area contributed by atoms with E-state index in [-0.39, 0.29) is 43.9 Å². The Morgan fingerprint density at radius 3 is 2.13 bits per heavy atom. The SMILES string of the molecule is CC(Cc1ccc(O)cc1)(NC(=O)COC1(CCc2ccc([C@@H]3[C@@H](CCC(O)c4ccc(F)cc4)C(=O)N3c3ccc(F)cc3)cc2)COC1)C(=O)O. The van der Waals surface area contributed by atoms with Crippen LogP contribution < -0.4 is 10.2 Å². The predicted octanol–water partition coefficient (Wildman–Crippen LogP) is 5.81. The third-order valence-electron chi connectivity index (χ3n) is 10.1. The van der Waals surface area contributed by atoms with Crippen molar-refractivity contribution in [1.82, 2.24) is 5.32 Å². The van der Waals surface area contributed by atoms with Gasteiger partial charge >= 0.3 is 5.97 Å². The Bertz CT molecular complexity index is 1900. The van der Waals surface area contributed by atoms with Crippen molar-refractivity contribution in [3.05, 3.63) is 131 Å². The second kappa shape index (κ2) is 15.8. The molecule has 10 nitrogen and oxygen atoms in total. The highest BCUT2D eigenvalue weighted by Gasteiger charge is 2.48. The number of benzene rings is 4. The van der Waals surface area contributed by atoms with Crippen molar-refractivity contribution in [1.29, 1.82) is 0 Å². The number of nitrogens with zero attached hydrogens (tertiary/aromatic N) is 1. The van der Waals surface area contributed by atoms with Gasteiger partial charge in [0, 0.05) is 12.1 Å². The molecule has 4 atom stereocenters. The van der Waals surface area contributed by atoms with Crippen LogP contribution in [0.5, 0.6) is 5.75 Å². The summed E-state index contributed by atoms with van der Waals surface area (Å²) in [4.78, 5) is 40.1. The number of aliphatic hydroxyl groups excluding tert-OH is 1. The van der Waals surface area contributed by atoms with E-state index >= 15 is 0 Å². The third-order valence-corrected chi connectivity index (χ3v) is 10.1. The number of aliphatic hydroxyl groups is 1. The molecule has 0 spiro atoms. The first kappa shape index (κ1) is 37.6. The van der Waals surface area contributed by atoms with E-state index in [0.717, 1.165) is 11.1 Å². The number of carboxylic acids is 1. The Morgan fingerprint density at radius 1 is 0.943 bits per heavy atom. The maximum Gasteiger partial charge on any atom is 0.329 e. The fourth-order valence-electron chi connectivity index (χ4n) is 6.93. The van der Waals surface area contributed by atoms with Crippen LogP contribution in [-0.2, 0) is 36.7 Å². The monoisotopic (exact) mass is 728 g/mol. The molecule has 0 bridgehead atoms. The van der Waals surface area contributed by atoms with Gasteiger partial charge in [0.25, 0.3) is 0 Å². The number of hydrogen-bond acceptors (Lipinski definition) is 7. The van der Waals surface area contributed by atoms with E-state index in [2.05, 4.69) is 5.32 Å². The van der Waals surface area contributed by atoms with Gasteiger partial charge in [0.1, 0.15) is 35.1 Å². The van der Waals surface area contributed by atoms with E-state index in [0.29, 0.717) is 42.5 Å². The largest absolute Gasteiger partial charge is 0.508 e. The molecule has 0 saturated carbocycles. The lowest BCUT2D eigenvalue weighted by atomic mass is 9.78. The molecule has 12 heteroatoms. The summed E-state index contributed by atoms with van der Waals surface area (Å²) in [6.07, 6.45) is 0.957. The number of amides is 2. The zero-order chi connectivity index (χ0) is 37.8. The minimum Gasteiger partial charge on any atom is -0.508 e. The van der Waals surface area contributed by atoms with Crippen molar-refractivity contribution in [2.75, 3.05) is 24.7 Å². The first-order chi connectivity index (χ1) is 25.3. The Labute approximate surface area is 306 Å². The zero-order valence-electron chi connectivity index (χ0n) is 29.2. The number of aryl methyl sites for hydroxylation is 1. The molecule has 0 radical (unpaired) electrons. The summed E-state index contributed by atoms with van der Waals surface area (Å²) in [5.74, 6) is -3.10. The predicted molar refractivity (Wildman–Crippen MR) is 191 cm³/mol. The molecule has 0 aromatic heterocycles. The van der Waals surface area contributed by atoms with Crippen LogP contribution in [0.4, 0.5) is 14.5 Å². The van der Waals surface area contributed by atoms with E-state index in [4.69, 9.17) is 9.47 Å². The number of halogens is 2. The number of phenols is 1. The standard InChI is InChI=1S/C41H42F2N2O8/c1-40(39(50)51,22-27-4-16-33(46)17-5-27)44-36(48)23-53-41(24-52-25-41)21-20-26-2-6-29(7-3-26)37-34(18-19-35(47)28-8-10-30(42)11-9-28)38(49)45(37)32-14-12-31(43)13-15-32/h2-17,34-35,37,46-47H,18-25H2,1H3,(H,44,48)(H,50,51)/t34-,35?,37-,40?/m1/s1. The van der Waals surface area contributed by atoms with Gasteiger partial charge in [-0.2, -0.15) is 0 Å². The molecule has 278 valence electrons. The normalized spacial score (nSPS) is 19.4. The first-order valence-corrected chi connectivity index (χ1v) is 17.5. The lowest BCUT2D eigenvalue weighted by Crippen LogP contribution is -2.57. The summed E-state index contributed by atoms with van der Waals surface area (Å²) in [7, 11) is 0. The van der Waals surface area contributed by atoms with Crippen molar-refractivity contribution in [3.63, 3.8) is 0 Å². The molecule has 0 aliphatic carbocycles. The Hall–Kier alpha value is -5.17. The summed E-state index contributed by atoms with van der Waals surface area (Å²) in [5.41, 5.74) is 1.32. The lowest BCUT2D eigenvalue weighted by molar-refractivity contribution is -0.212. The number of carboxylic acid groups (broad SMARTS) is 1. The van der Waals surface area contributed by atoms with Crippen molar-refractivity contribution >= 4 is 23.5 Å². The summed E-state index contributed by atoms with van der Waals surface area (Å²) in [5, 5.41) is 32.8.